The van der Waals surface area contributed by atoms with Crippen LogP contribution in [0.3, 0.4) is 0 Å². The molecular weight excluding hydrogens is 915 g/mol. The Labute approximate surface area is 378 Å². The van der Waals surface area contributed by atoms with Crippen LogP contribution >= 0.6 is 11.3 Å². The average Bonchev–Trinajstić information content (AvgIpc) is 3.87. The Bertz CT molecular complexity index is 3160. The summed E-state index contributed by atoms with van der Waals surface area (Å²) in [5.41, 5.74) is 10.8. The fourth-order valence-corrected chi connectivity index (χ4v) is 8.76. The Morgan fingerprint density at radius 2 is 1.47 bits per heavy atom. The Balaban J connectivity index is 0.000000245. The summed E-state index contributed by atoms with van der Waals surface area (Å²) < 4.78 is 67.6. The first kappa shape index (κ1) is 32.6. The number of thiophene rings is 1. The molecule has 0 aliphatic rings. The van der Waals surface area contributed by atoms with Gasteiger partial charge in [-0.15, -0.1) is 54.1 Å². The van der Waals surface area contributed by atoms with Crippen molar-refractivity contribution in [3.8, 4) is 39.5 Å². The van der Waals surface area contributed by atoms with Crippen LogP contribution in [0.4, 0.5) is 0 Å². The monoisotopic (exact) mass is 974 g/mol. The normalized spacial score (nSPS) is 14.1. The van der Waals surface area contributed by atoms with Crippen LogP contribution in [0.25, 0.3) is 70.7 Å². The molecule has 3 nitrogen and oxygen atoms in total. The zero-order valence-electron chi connectivity index (χ0n) is 42.0. The van der Waals surface area contributed by atoms with Crippen molar-refractivity contribution in [2.24, 2.45) is 5.92 Å². The number of aryl methyl sites for hydroxylation is 2. The van der Waals surface area contributed by atoms with E-state index in [0.29, 0.717) is 16.8 Å². The first-order valence-electron chi connectivity index (χ1n) is 23.8. The van der Waals surface area contributed by atoms with Crippen LogP contribution in [0.2, 0.25) is 0 Å². The minimum absolute atomic E-state index is 0. The van der Waals surface area contributed by atoms with Crippen molar-refractivity contribution in [1.82, 2.24) is 14.5 Å². The van der Waals surface area contributed by atoms with Gasteiger partial charge in [0.25, 0.3) is 0 Å². The number of rotatable bonds is 8. The van der Waals surface area contributed by atoms with Gasteiger partial charge in [-0.2, -0.15) is 11.3 Å². The molecule has 5 heteroatoms. The number of fused-ring (bicyclic) bond motifs is 4. The molecule has 0 aliphatic carbocycles. The summed E-state index contributed by atoms with van der Waals surface area (Å²) >= 11 is 1.61. The number of imidazole rings is 1. The van der Waals surface area contributed by atoms with E-state index in [2.05, 4.69) is 116 Å². The van der Waals surface area contributed by atoms with Crippen molar-refractivity contribution in [1.29, 1.82) is 0 Å². The number of benzene rings is 6. The standard InChI is InChI=1S/C38H33N2S.C16H18N.Ir/c1-23(2)31-21-27(26-12-7-6-8-13-26)22-32(24(3)4)36(31)40-34-17-10-9-16-33(34)39-38(40)30-15-11-14-29-28-19-18-25(5)20-35(28)41-37(29)30;1-12(2)9-15-10-16(17-11-13(15)3)14-7-5-4-6-8-14;/h6-14,16-24H,1-5H3;4-7,10-12H,9H2,1-3H3;/q2*-1;/i5D3;3D3,9D2;. The maximum atomic E-state index is 8.28. The van der Waals surface area contributed by atoms with Gasteiger partial charge in [-0.3, -0.25) is 4.98 Å². The molecular formula is C54H51IrN3S-2. The first-order chi connectivity index (χ1) is 31.3. The average molecular weight is 974 g/mol. The van der Waals surface area contributed by atoms with Crippen LogP contribution in [-0.2, 0) is 26.5 Å². The van der Waals surface area contributed by atoms with Crippen molar-refractivity contribution < 1.29 is 31.1 Å². The number of para-hydroxylation sites is 2. The SMILES string of the molecule is [2H]C([2H])([2H])c1ccc2c(c1)sc1c(-c3nc4ccccc4n3-c3c(C(C)C)cc(-c4ccccc4)cc3C(C)C)[c-]ccc12.[2H]C([2H])([2H])c1cnc(-c2[c-]cccc2)cc1C([2H])([2H])C(C)C.[Ir]. The third-order valence-electron chi connectivity index (χ3n) is 10.3. The maximum absolute atomic E-state index is 8.28. The van der Waals surface area contributed by atoms with Gasteiger partial charge in [0.05, 0.1) is 16.9 Å². The van der Waals surface area contributed by atoms with Crippen molar-refractivity contribution >= 4 is 42.5 Å². The van der Waals surface area contributed by atoms with E-state index in [1.54, 1.807) is 37.3 Å². The zero-order valence-corrected chi connectivity index (χ0v) is 37.2. The van der Waals surface area contributed by atoms with E-state index < -0.39 is 20.1 Å². The Hall–Kier alpha value is -5.19. The van der Waals surface area contributed by atoms with Gasteiger partial charge in [0.15, 0.2) is 0 Å². The van der Waals surface area contributed by atoms with Gasteiger partial charge in [0.1, 0.15) is 0 Å². The van der Waals surface area contributed by atoms with Crippen molar-refractivity contribution in [2.45, 2.75) is 73.5 Å². The molecule has 0 saturated heterocycles. The third kappa shape index (κ3) is 8.61. The summed E-state index contributed by atoms with van der Waals surface area (Å²) in [5, 5.41) is 2.14. The Kier molecular flexibility index (Phi) is 9.94. The molecule has 59 heavy (non-hydrogen) atoms. The van der Waals surface area contributed by atoms with Gasteiger partial charge in [-0.05, 0) is 117 Å². The minimum Gasteiger partial charge on any atom is -0.333 e. The van der Waals surface area contributed by atoms with E-state index in [9.17, 15) is 0 Å². The molecule has 0 spiro atoms. The van der Waals surface area contributed by atoms with E-state index in [1.807, 2.05) is 42.5 Å². The third-order valence-corrected chi connectivity index (χ3v) is 11.5. The van der Waals surface area contributed by atoms with Crippen LogP contribution in [0.5, 0.6) is 0 Å². The van der Waals surface area contributed by atoms with E-state index in [0.717, 1.165) is 42.6 Å². The molecule has 0 fully saturated rings. The number of hydrogen-bond donors (Lipinski definition) is 0. The van der Waals surface area contributed by atoms with Crippen molar-refractivity contribution in [3.63, 3.8) is 0 Å². The molecule has 0 N–H and O–H groups in total. The van der Waals surface area contributed by atoms with Gasteiger partial charge in [-0.25, -0.2) is 0 Å². The molecule has 9 aromatic rings. The predicted octanol–water partition coefficient (Wildman–Crippen LogP) is 15.1. The molecule has 0 atom stereocenters. The second-order valence-electron chi connectivity index (χ2n) is 15.5. The molecule has 9 rings (SSSR count). The molecule has 0 saturated carbocycles. The first-order valence-corrected chi connectivity index (χ1v) is 20.6. The molecule has 3 aromatic heterocycles. The van der Waals surface area contributed by atoms with E-state index in [-0.39, 0.29) is 49.0 Å². The van der Waals surface area contributed by atoms with E-state index in [1.165, 1.54) is 40.2 Å². The molecule has 6 aromatic carbocycles. The molecule has 299 valence electrons. The molecule has 1 radical (unpaired) electrons. The quantitative estimate of drug-likeness (QED) is 0.142. The van der Waals surface area contributed by atoms with Crippen LogP contribution in [0.15, 0.2) is 134 Å². The van der Waals surface area contributed by atoms with Gasteiger partial charge in [0.2, 0.25) is 0 Å². The topological polar surface area (TPSA) is 30.7 Å². The zero-order chi connectivity index (χ0) is 47.3. The van der Waals surface area contributed by atoms with Gasteiger partial charge in [0, 0.05) is 47.7 Å². The molecule has 3 heterocycles. The Morgan fingerprint density at radius 1 is 0.729 bits per heavy atom. The van der Waals surface area contributed by atoms with Gasteiger partial charge in [-0.1, -0.05) is 119 Å². The summed E-state index contributed by atoms with van der Waals surface area (Å²) in [6.45, 7) is 7.96. The summed E-state index contributed by atoms with van der Waals surface area (Å²) in [5.74, 6) is 1.02. The second kappa shape index (κ2) is 18.0. The fourth-order valence-electron chi connectivity index (χ4n) is 7.53. The fraction of sp³-hybridized carbons (Fsp3) is 0.222. The Morgan fingerprint density at radius 3 is 2.17 bits per heavy atom. The smallest absolute Gasteiger partial charge is 0.0774 e. The molecule has 0 unspecified atom stereocenters. The van der Waals surface area contributed by atoms with Crippen LogP contribution < -0.4 is 0 Å². The van der Waals surface area contributed by atoms with E-state index in [4.69, 9.17) is 16.0 Å². The second-order valence-corrected chi connectivity index (χ2v) is 16.6. The number of nitrogens with zero attached hydrogens (tertiary/aromatic N) is 3. The summed E-state index contributed by atoms with van der Waals surface area (Å²) in [7, 11) is 0. The predicted molar refractivity (Wildman–Crippen MR) is 248 cm³/mol. The summed E-state index contributed by atoms with van der Waals surface area (Å²) in [6.07, 6.45) is -0.491. The van der Waals surface area contributed by atoms with Crippen molar-refractivity contribution in [2.75, 3.05) is 0 Å². The molecule has 0 amide bonds. The number of aromatic nitrogens is 3. The van der Waals surface area contributed by atoms with Crippen LogP contribution in [0.1, 0.15) is 92.2 Å². The molecule has 0 aliphatic heterocycles. The minimum atomic E-state index is -2.40. The van der Waals surface area contributed by atoms with Crippen molar-refractivity contribution in [3.05, 3.63) is 174 Å². The number of hydrogen-bond acceptors (Lipinski definition) is 3. The summed E-state index contributed by atoms with van der Waals surface area (Å²) in [4.78, 5) is 9.46. The van der Waals surface area contributed by atoms with Gasteiger partial charge >= 0.3 is 0 Å². The molecule has 0 bridgehead atoms. The van der Waals surface area contributed by atoms with Crippen LogP contribution in [0, 0.1) is 31.8 Å². The van der Waals surface area contributed by atoms with Crippen LogP contribution in [-0.4, -0.2) is 14.5 Å². The largest absolute Gasteiger partial charge is 0.333 e. The summed E-state index contributed by atoms with van der Waals surface area (Å²) in [6, 6.07) is 48.5. The number of pyridine rings is 1. The van der Waals surface area contributed by atoms with E-state index >= 15 is 0 Å². The van der Waals surface area contributed by atoms with Gasteiger partial charge < -0.3 is 9.55 Å². The maximum Gasteiger partial charge on any atom is 0.0774 e.